The number of carbonyl (C=O) groups excluding carboxylic acids is 4. The molecule has 31 heavy (non-hydrogen) atoms. The Balaban J connectivity index is 2.94. The maximum atomic E-state index is 12.9. The Hall–Kier alpha value is -2.25. The summed E-state index contributed by atoms with van der Waals surface area (Å²) in [4.78, 5) is 48.7. The molecule has 3 atom stereocenters. The lowest BCUT2D eigenvalue weighted by molar-refractivity contribution is -0.134. The third-order valence-corrected chi connectivity index (χ3v) is 5.17. The smallest absolute Gasteiger partial charge is 0.249 e. The molecule has 0 heterocycles. The first-order chi connectivity index (χ1) is 14.8. The van der Waals surface area contributed by atoms with Gasteiger partial charge in [0.25, 0.3) is 0 Å². The zero-order chi connectivity index (χ0) is 23.2. The molecular weight excluding hydrogens is 418 g/mol. The summed E-state index contributed by atoms with van der Waals surface area (Å²) in [5.74, 6) is -1.33. The van der Waals surface area contributed by atoms with Crippen LogP contribution in [0.1, 0.15) is 52.0 Å². The number of rotatable bonds is 15. The molecule has 0 fully saturated rings. The number of benzene rings is 1. The van der Waals surface area contributed by atoms with Gasteiger partial charge in [0.15, 0.2) is 5.78 Å². The third-order valence-electron chi connectivity index (χ3n) is 4.91. The molecule has 0 unspecified atom stereocenters. The van der Waals surface area contributed by atoms with E-state index in [1.165, 1.54) is 0 Å². The molecule has 3 amide bonds. The molecule has 0 spiro atoms. The summed E-state index contributed by atoms with van der Waals surface area (Å²) in [6.07, 6.45) is 3.32. The number of unbranched alkanes of at least 4 members (excludes halogenated alkanes) is 1. The Labute approximate surface area is 189 Å². The Kier molecular flexibility index (Phi) is 12.7. The quantitative estimate of drug-likeness (QED) is 0.280. The van der Waals surface area contributed by atoms with E-state index in [1.54, 1.807) is 0 Å². The fourth-order valence-corrected chi connectivity index (χ4v) is 3.44. The summed E-state index contributed by atoms with van der Waals surface area (Å²) >= 11 is 5.81. The first-order valence-electron chi connectivity index (χ1n) is 10.7. The third kappa shape index (κ3) is 10.1. The van der Waals surface area contributed by atoms with Crippen LogP contribution in [0.25, 0.3) is 0 Å². The van der Waals surface area contributed by atoms with Crippen LogP contribution < -0.4 is 16.0 Å². The van der Waals surface area contributed by atoms with Crippen LogP contribution in [0, 0.1) is 5.92 Å². The van der Waals surface area contributed by atoms with Crippen molar-refractivity contribution in [2.75, 3.05) is 5.88 Å². The van der Waals surface area contributed by atoms with E-state index < -0.39 is 29.9 Å². The number of amides is 3. The second-order valence-electron chi connectivity index (χ2n) is 8.02. The molecule has 3 N–H and O–H groups in total. The number of nitrogens with one attached hydrogen (secondary N) is 3. The minimum Gasteiger partial charge on any atom is -0.347 e. The number of hydrogen-bond donors (Lipinski definition) is 3. The highest BCUT2D eigenvalue weighted by Gasteiger charge is 2.29. The van der Waals surface area contributed by atoms with Gasteiger partial charge in [-0.2, -0.15) is 0 Å². The number of ketones is 1. The Morgan fingerprint density at radius 1 is 1.03 bits per heavy atom. The summed E-state index contributed by atoms with van der Waals surface area (Å²) < 4.78 is 0. The molecule has 0 saturated heterocycles. The molecular formula is C23H34ClN3O4. The number of carbonyl (C=O) groups is 4. The normalized spacial score (nSPS) is 13.8. The van der Waals surface area contributed by atoms with Gasteiger partial charge in [-0.1, -0.05) is 63.9 Å². The minimum atomic E-state index is -0.773. The molecule has 0 saturated carbocycles. The largest absolute Gasteiger partial charge is 0.347 e. The molecule has 172 valence electrons. The van der Waals surface area contributed by atoms with E-state index in [9.17, 15) is 19.2 Å². The van der Waals surface area contributed by atoms with Gasteiger partial charge in [-0.25, -0.2) is 0 Å². The zero-order valence-corrected chi connectivity index (χ0v) is 19.3. The van der Waals surface area contributed by atoms with Crippen LogP contribution in [0.4, 0.5) is 0 Å². The van der Waals surface area contributed by atoms with Crippen LogP contribution in [0.3, 0.4) is 0 Å². The lowest BCUT2D eigenvalue weighted by Crippen LogP contribution is -2.55. The molecule has 0 radical (unpaired) electrons. The minimum absolute atomic E-state index is 0.144. The summed E-state index contributed by atoms with van der Waals surface area (Å²) in [6, 6.07) is 7.27. The molecule has 0 aliphatic carbocycles. The monoisotopic (exact) mass is 451 g/mol. The fraction of sp³-hybridized carbons (Fsp3) is 0.565. The standard InChI is InChI=1S/C23H34ClN3O4/c1-4-5-11-18(25-15-28)22(30)27-23(31)20(12-16(2)3)26-19(21(29)14-24)13-17-9-7-6-8-10-17/h6-10,15-16,18-20,26H,4-5,11-14H2,1-3H3,(H,25,28)(H,27,30,31)/t18-,19-,20-/m0/s1. The second kappa shape index (κ2) is 14.7. The summed E-state index contributed by atoms with van der Waals surface area (Å²) in [5, 5.41) is 7.98. The van der Waals surface area contributed by atoms with Gasteiger partial charge in [0.1, 0.15) is 6.04 Å². The van der Waals surface area contributed by atoms with Crippen LogP contribution in [-0.2, 0) is 25.6 Å². The average molecular weight is 452 g/mol. The van der Waals surface area contributed by atoms with E-state index in [0.717, 1.165) is 18.4 Å². The summed E-state index contributed by atoms with van der Waals surface area (Å²) in [7, 11) is 0. The van der Waals surface area contributed by atoms with Gasteiger partial charge >= 0.3 is 0 Å². The number of Topliss-reactive ketones (excluding diaryl/α,β-unsaturated/α-hetero) is 1. The van der Waals surface area contributed by atoms with Gasteiger partial charge in [-0.3, -0.25) is 29.8 Å². The summed E-state index contributed by atoms with van der Waals surface area (Å²) in [5.41, 5.74) is 0.938. The van der Waals surface area contributed by atoms with Crippen molar-refractivity contribution in [1.29, 1.82) is 0 Å². The zero-order valence-electron chi connectivity index (χ0n) is 18.5. The highest BCUT2D eigenvalue weighted by molar-refractivity contribution is 6.28. The number of alkyl halides is 1. The van der Waals surface area contributed by atoms with Crippen molar-refractivity contribution in [3.05, 3.63) is 35.9 Å². The van der Waals surface area contributed by atoms with E-state index in [4.69, 9.17) is 11.6 Å². The summed E-state index contributed by atoms with van der Waals surface area (Å²) in [6.45, 7) is 5.89. The second-order valence-corrected chi connectivity index (χ2v) is 8.29. The highest BCUT2D eigenvalue weighted by atomic mass is 35.5. The van der Waals surface area contributed by atoms with Crippen LogP contribution >= 0.6 is 11.6 Å². The number of halogens is 1. The van der Waals surface area contributed by atoms with Gasteiger partial charge in [-0.15, -0.1) is 11.6 Å². The highest BCUT2D eigenvalue weighted by Crippen LogP contribution is 2.11. The van der Waals surface area contributed by atoms with Crippen molar-refractivity contribution >= 4 is 35.6 Å². The molecule has 0 bridgehead atoms. The SMILES string of the molecule is CCCC[C@H](NC=O)C(=O)NC(=O)[C@H](CC(C)C)N[C@@H](Cc1ccccc1)C(=O)CCl. The van der Waals surface area contributed by atoms with Crippen LogP contribution in [-0.4, -0.2) is 48.0 Å². The fourth-order valence-electron chi connectivity index (χ4n) is 3.25. The van der Waals surface area contributed by atoms with Gasteiger partial charge < -0.3 is 5.32 Å². The van der Waals surface area contributed by atoms with Crippen LogP contribution in [0.5, 0.6) is 0 Å². The maximum absolute atomic E-state index is 12.9. The van der Waals surface area contributed by atoms with Crippen LogP contribution in [0.15, 0.2) is 30.3 Å². The predicted molar refractivity (Wildman–Crippen MR) is 122 cm³/mol. The van der Waals surface area contributed by atoms with Crippen molar-refractivity contribution in [3.63, 3.8) is 0 Å². The predicted octanol–water partition coefficient (Wildman–Crippen LogP) is 2.36. The van der Waals surface area contributed by atoms with E-state index in [1.807, 2.05) is 51.1 Å². The molecule has 0 aromatic heterocycles. The van der Waals surface area contributed by atoms with E-state index in [0.29, 0.717) is 25.7 Å². The molecule has 0 aliphatic heterocycles. The van der Waals surface area contributed by atoms with Crippen molar-refractivity contribution < 1.29 is 19.2 Å². The Morgan fingerprint density at radius 3 is 2.23 bits per heavy atom. The number of hydrogen-bond acceptors (Lipinski definition) is 5. The molecule has 1 aromatic carbocycles. The van der Waals surface area contributed by atoms with Gasteiger partial charge in [-0.05, 0) is 30.7 Å². The molecule has 1 rings (SSSR count). The van der Waals surface area contributed by atoms with Gasteiger partial charge in [0, 0.05) is 0 Å². The van der Waals surface area contributed by atoms with Crippen molar-refractivity contribution in [2.45, 2.75) is 71.0 Å². The molecule has 1 aromatic rings. The maximum Gasteiger partial charge on any atom is 0.249 e. The Bertz CT molecular complexity index is 712. The molecule has 0 aliphatic rings. The first kappa shape index (κ1) is 26.8. The Morgan fingerprint density at radius 2 is 1.68 bits per heavy atom. The van der Waals surface area contributed by atoms with Crippen molar-refractivity contribution in [3.8, 4) is 0 Å². The van der Waals surface area contributed by atoms with E-state index in [2.05, 4.69) is 16.0 Å². The number of imide groups is 1. The van der Waals surface area contributed by atoms with Crippen molar-refractivity contribution in [1.82, 2.24) is 16.0 Å². The van der Waals surface area contributed by atoms with E-state index in [-0.39, 0.29) is 17.6 Å². The van der Waals surface area contributed by atoms with E-state index >= 15 is 0 Å². The van der Waals surface area contributed by atoms with Gasteiger partial charge in [0.2, 0.25) is 18.2 Å². The molecule has 7 nitrogen and oxygen atoms in total. The van der Waals surface area contributed by atoms with Gasteiger partial charge in [0.05, 0.1) is 18.0 Å². The average Bonchev–Trinajstić information content (AvgIpc) is 2.75. The molecule has 8 heteroatoms. The van der Waals surface area contributed by atoms with Crippen LogP contribution in [0.2, 0.25) is 0 Å². The lowest BCUT2D eigenvalue weighted by atomic mass is 9.98. The topological polar surface area (TPSA) is 104 Å². The van der Waals surface area contributed by atoms with Crippen molar-refractivity contribution in [2.24, 2.45) is 5.92 Å². The lowest BCUT2D eigenvalue weighted by Gasteiger charge is -2.26. The first-order valence-corrected chi connectivity index (χ1v) is 11.3.